The second kappa shape index (κ2) is 8.66. The number of halogens is 1. The van der Waals surface area contributed by atoms with Gasteiger partial charge < -0.3 is 10.4 Å². The van der Waals surface area contributed by atoms with Gasteiger partial charge >= 0.3 is 0 Å². The Bertz CT molecular complexity index is 1250. The molecular formula is C22H16IN3O2S2. The lowest BCUT2D eigenvalue weighted by atomic mass is 10.1. The number of anilines is 1. The van der Waals surface area contributed by atoms with E-state index in [9.17, 15) is 9.90 Å². The first-order valence-electron chi connectivity index (χ1n) is 8.98. The van der Waals surface area contributed by atoms with Gasteiger partial charge in [-0.1, -0.05) is 18.2 Å². The summed E-state index contributed by atoms with van der Waals surface area (Å²) in [5.74, 6) is -0.110. The van der Waals surface area contributed by atoms with E-state index in [1.54, 1.807) is 24.3 Å². The molecule has 1 amide bonds. The van der Waals surface area contributed by atoms with Crippen LogP contribution in [0.25, 0.3) is 20.8 Å². The van der Waals surface area contributed by atoms with E-state index in [1.807, 2.05) is 43.3 Å². The number of fused-ring (bicyclic) bond motifs is 1. The molecule has 8 heteroatoms. The van der Waals surface area contributed by atoms with Gasteiger partial charge in [0.25, 0.3) is 5.91 Å². The standard InChI is InChI=1S/C22H16IN3O2S2/c1-12-9-15(24-22(29)26-20(28)13-5-4-6-14(23)10-13)11-16(19(12)27)21-25-17-7-2-3-8-18(17)30-21/h2-11,27H,1H3,(H2,24,26,28,29). The number of para-hydroxylation sites is 1. The number of phenolic OH excluding ortho intramolecular Hbond substituents is 1. The molecule has 0 unspecified atom stereocenters. The first-order valence-corrected chi connectivity index (χ1v) is 11.3. The lowest BCUT2D eigenvalue weighted by Gasteiger charge is -2.13. The van der Waals surface area contributed by atoms with Crippen LogP contribution in [-0.2, 0) is 0 Å². The molecule has 0 saturated heterocycles. The summed E-state index contributed by atoms with van der Waals surface area (Å²) in [6.45, 7) is 1.81. The van der Waals surface area contributed by atoms with E-state index in [0.717, 1.165) is 13.8 Å². The number of aromatic hydroxyl groups is 1. The van der Waals surface area contributed by atoms with Crippen LogP contribution in [0, 0.1) is 10.5 Å². The van der Waals surface area contributed by atoms with Gasteiger partial charge in [0, 0.05) is 14.8 Å². The molecule has 30 heavy (non-hydrogen) atoms. The topological polar surface area (TPSA) is 74.2 Å². The Morgan fingerprint density at radius 2 is 1.93 bits per heavy atom. The SMILES string of the molecule is Cc1cc(NC(=S)NC(=O)c2cccc(I)c2)cc(-c2nc3ccccc3s2)c1O. The van der Waals surface area contributed by atoms with Crippen molar-refractivity contribution in [1.29, 1.82) is 0 Å². The van der Waals surface area contributed by atoms with Crippen LogP contribution in [0.1, 0.15) is 15.9 Å². The molecule has 4 aromatic rings. The van der Waals surface area contributed by atoms with E-state index in [1.165, 1.54) is 11.3 Å². The Morgan fingerprint density at radius 1 is 1.13 bits per heavy atom. The lowest BCUT2D eigenvalue weighted by Crippen LogP contribution is -2.34. The van der Waals surface area contributed by atoms with Crippen molar-refractivity contribution in [2.75, 3.05) is 5.32 Å². The summed E-state index contributed by atoms with van der Waals surface area (Å²) in [6, 6.07) is 18.6. The predicted octanol–water partition coefficient (Wildman–Crippen LogP) is 5.71. The molecule has 3 N–H and O–H groups in total. The molecule has 0 saturated carbocycles. The molecule has 0 radical (unpaired) electrons. The number of amides is 1. The molecule has 0 aliphatic heterocycles. The number of thiocarbonyl (C=S) groups is 1. The van der Waals surface area contributed by atoms with E-state index in [0.29, 0.717) is 27.4 Å². The summed E-state index contributed by atoms with van der Waals surface area (Å²) in [7, 11) is 0. The predicted molar refractivity (Wildman–Crippen MR) is 134 cm³/mol. The Kier molecular flexibility index (Phi) is 5.98. The second-order valence-corrected chi connectivity index (χ2v) is 9.28. The zero-order valence-electron chi connectivity index (χ0n) is 15.8. The number of benzene rings is 3. The molecule has 0 bridgehead atoms. The fourth-order valence-electron chi connectivity index (χ4n) is 2.97. The largest absolute Gasteiger partial charge is 0.507 e. The lowest BCUT2D eigenvalue weighted by molar-refractivity contribution is 0.0977. The summed E-state index contributed by atoms with van der Waals surface area (Å²) in [4.78, 5) is 17.0. The average molecular weight is 545 g/mol. The molecule has 0 aliphatic carbocycles. The minimum absolute atomic E-state index is 0.174. The number of aryl methyl sites for hydroxylation is 1. The van der Waals surface area contributed by atoms with Gasteiger partial charge in [0.15, 0.2) is 5.11 Å². The minimum Gasteiger partial charge on any atom is -0.507 e. The fourth-order valence-corrected chi connectivity index (χ4v) is 4.71. The maximum Gasteiger partial charge on any atom is 0.257 e. The number of phenols is 1. The van der Waals surface area contributed by atoms with Crippen molar-refractivity contribution < 1.29 is 9.90 Å². The summed E-state index contributed by atoms with van der Waals surface area (Å²) in [5, 5.41) is 17.2. The van der Waals surface area contributed by atoms with E-state index >= 15 is 0 Å². The molecule has 0 atom stereocenters. The zero-order valence-corrected chi connectivity index (χ0v) is 19.6. The van der Waals surface area contributed by atoms with Crippen LogP contribution in [-0.4, -0.2) is 21.1 Å². The number of hydrogen-bond acceptors (Lipinski definition) is 5. The monoisotopic (exact) mass is 545 g/mol. The quantitative estimate of drug-likeness (QED) is 0.175. The molecule has 3 aromatic carbocycles. The highest BCUT2D eigenvalue weighted by molar-refractivity contribution is 14.1. The molecule has 0 fully saturated rings. The highest BCUT2D eigenvalue weighted by Crippen LogP contribution is 2.38. The summed E-state index contributed by atoms with van der Waals surface area (Å²) >= 11 is 8.98. The van der Waals surface area contributed by atoms with Crippen LogP contribution in [0.2, 0.25) is 0 Å². The molecule has 0 spiro atoms. The minimum atomic E-state index is -0.284. The van der Waals surface area contributed by atoms with E-state index in [-0.39, 0.29) is 16.8 Å². The van der Waals surface area contributed by atoms with Crippen LogP contribution in [0.15, 0.2) is 60.7 Å². The molecule has 0 aliphatic rings. The molecule has 1 heterocycles. The number of hydrogen-bond donors (Lipinski definition) is 3. The zero-order chi connectivity index (χ0) is 21.3. The number of thiazole rings is 1. The number of nitrogens with zero attached hydrogens (tertiary/aromatic N) is 1. The third kappa shape index (κ3) is 4.45. The van der Waals surface area contributed by atoms with Crippen LogP contribution in [0.3, 0.4) is 0 Å². The van der Waals surface area contributed by atoms with Gasteiger partial charge in [-0.25, -0.2) is 4.98 Å². The summed E-state index contributed by atoms with van der Waals surface area (Å²) in [5.41, 5.74) is 3.37. The number of nitrogens with one attached hydrogen (secondary N) is 2. The van der Waals surface area contributed by atoms with Gasteiger partial charge in [-0.15, -0.1) is 11.3 Å². The summed E-state index contributed by atoms with van der Waals surface area (Å²) < 4.78 is 2.01. The van der Waals surface area contributed by atoms with Gasteiger partial charge in [-0.3, -0.25) is 10.1 Å². The van der Waals surface area contributed by atoms with Crippen molar-refractivity contribution in [3.8, 4) is 16.3 Å². The van der Waals surface area contributed by atoms with Crippen molar-refractivity contribution in [2.24, 2.45) is 0 Å². The van der Waals surface area contributed by atoms with E-state index < -0.39 is 0 Å². The van der Waals surface area contributed by atoms with Crippen molar-refractivity contribution in [3.05, 3.63) is 75.4 Å². The normalized spacial score (nSPS) is 10.7. The van der Waals surface area contributed by atoms with Crippen LogP contribution < -0.4 is 10.6 Å². The third-order valence-electron chi connectivity index (χ3n) is 4.40. The molecular weight excluding hydrogens is 529 g/mol. The molecule has 4 rings (SSSR count). The van der Waals surface area contributed by atoms with Crippen LogP contribution in [0.4, 0.5) is 5.69 Å². The number of rotatable bonds is 3. The number of carbonyl (C=O) groups excluding carboxylic acids is 1. The van der Waals surface area contributed by atoms with Gasteiger partial charge in [-0.2, -0.15) is 0 Å². The molecule has 150 valence electrons. The smallest absolute Gasteiger partial charge is 0.257 e. The summed E-state index contributed by atoms with van der Waals surface area (Å²) in [6.07, 6.45) is 0. The Labute approximate surface area is 196 Å². The van der Waals surface area contributed by atoms with Gasteiger partial charge in [0.1, 0.15) is 10.8 Å². The third-order valence-corrected chi connectivity index (χ3v) is 6.34. The number of aromatic nitrogens is 1. The maximum absolute atomic E-state index is 12.4. The van der Waals surface area contributed by atoms with Crippen LogP contribution in [0.5, 0.6) is 5.75 Å². The van der Waals surface area contributed by atoms with Crippen molar-refractivity contribution >= 4 is 73.1 Å². The van der Waals surface area contributed by atoms with E-state index in [2.05, 4.69) is 38.2 Å². The highest BCUT2D eigenvalue weighted by Gasteiger charge is 2.15. The first-order chi connectivity index (χ1) is 14.4. The second-order valence-electron chi connectivity index (χ2n) is 6.59. The van der Waals surface area contributed by atoms with E-state index in [4.69, 9.17) is 12.2 Å². The van der Waals surface area contributed by atoms with Gasteiger partial charge in [-0.05, 0) is 89.8 Å². The van der Waals surface area contributed by atoms with Gasteiger partial charge in [0.2, 0.25) is 0 Å². The van der Waals surface area contributed by atoms with Crippen molar-refractivity contribution in [2.45, 2.75) is 6.92 Å². The van der Waals surface area contributed by atoms with Crippen LogP contribution >= 0.6 is 46.1 Å². The maximum atomic E-state index is 12.4. The fraction of sp³-hybridized carbons (Fsp3) is 0.0455. The van der Waals surface area contributed by atoms with Crippen molar-refractivity contribution in [1.82, 2.24) is 10.3 Å². The number of carbonyl (C=O) groups is 1. The Balaban J connectivity index is 1.57. The highest BCUT2D eigenvalue weighted by atomic mass is 127. The van der Waals surface area contributed by atoms with Gasteiger partial charge in [0.05, 0.1) is 15.8 Å². The average Bonchev–Trinajstić information content (AvgIpc) is 3.14. The Hall–Kier alpha value is -2.56. The first kappa shape index (κ1) is 20.7. The molecule has 5 nitrogen and oxygen atoms in total. The van der Waals surface area contributed by atoms with Crippen molar-refractivity contribution in [3.63, 3.8) is 0 Å². The molecule has 1 aromatic heterocycles. The Morgan fingerprint density at radius 3 is 2.70 bits per heavy atom.